The molecule has 1 aromatic heterocycles. The quantitative estimate of drug-likeness (QED) is 0.245. The van der Waals surface area contributed by atoms with E-state index >= 15 is 0 Å². The van der Waals surface area contributed by atoms with Crippen molar-refractivity contribution >= 4 is 35.6 Å². The fourth-order valence-corrected chi connectivity index (χ4v) is 3.95. The van der Waals surface area contributed by atoms with Crippen LogP contribution in [0.3, 0.4) is 0 Å². The Morgan fingerprint density at radius 2 is 2.00 bits per heavy atom. The number of nitrogens with one attached hydrogen (secondary N) is 1. The Bertz CT molecular complexity index is 893. The highest BCUT2D eigenvalue weighted by molar-refractivity contribution is 9.10. The zero-order valence-corrected chi connectivity index (χ0v) is 19.9. The predicted octanol–water partition coefficient (Wildman–Crippen LogP) is 4.53. The fraction of sp³-hybridized carbons (Fsp3) is 0.474. The molecule has 0 fully saturated rings. The van der Waals surface area contributed by atoms with Gasteiger partial charge in [0.15, 0.2) is 0 Å². The molecule has 0 aliphatic carbocycles. The summed E-state index contributed by atoms with van der Waals surface area (Å²) < 4.78 is 7.87. The second kappa shape index (κ2) is 9.18. The first kappa shape index (κ1) is 23.2. The molecule has 0 bridgehead atoms. The van der Waals surface area contributed by atoms with Gasteiger partial charge in [-0.3, -0.25) is 14.9 Å². The molecule has 0 radical (unpaired) electrons. The minimum Gasteiger partial charge on any atom is -0.361 e. The molecule has 1 heterocycles. The number of nitrogens with zero attached hydrogens (tertiary/aromatic N) is 3. The summed E-state index contributed by atoms with van der Waals surface area (Å²) in [5.74, 6) is -0.260. The van der Waals surface area contributed by atoms with Gasteiger partial charge in [-0.15, -0.1) is 0 Å². The minimum absolute atomic E-state index is 0.0444. The van der Waals surface area contributed by atoms with Gasteiger partial charge in [0.1, 0.15) is 11.3 Å². The van der Waals surface area contributed by atoms with Crippen molar-refractivity contribution in [1.82, 2.24) is 14.9 Å². The summed E-state index contributed by atoms with van der Waals surface area (Å²) in [5.41, 5.74) is -0.596. The van der Waals surface area contributed by atoms with Crippen molar-refractivity contribution in [3.05, 3.63) is 56.6 Å². The number of hydrogen-bond acceptors (Lipinski definition) is 5. The number of carbonyl (C=O) groups excluding carboxylic acids is 1. The van der Waals surface area contributed by atoms with Crippen molar-refractivity contribution in [1.29, 1.82) is 0 Å². The van der Waals surface area contributed by atoms with Crippen molar-refractivity contribution in [3.8, 4) is 0 Å². The summed E-state index contributed by atoms with van der Waals surface area (Å²) >= 11 is 3.30. The molecule has 1 N–H and O–H groups in total. The van der Waals surface area contributed by atoms with E-state index in [0.717, 1.165) is 6.04 Å². The fourth-order valence-electron chi connectivity index (χ4n) is 2.77. The summed E-state index contributed by atoms with van der Waals surface area (Å²) in [7, 11) is -1.20. The van der Waals surface area contributed by atoms with Crippen LogP contribution in [0.1, 0.15) is 30.0 Å². The maximum Gasteiger partial charge on any atom is 0.288 e. The molecule has 0 saturated heterocycles. The normalized spacial score (nSPS) is 12.1. The average Bonchev–Trinajstić information content (AvgIpc) is 2.98. The highest BCUT2D eigenvalue weighted by Gasteiger charge is 2.31. The van der Waals surface area contributed by atoms with Crippen molar-refractivity contribution in [2.45, 2.75) is 51.8 Å². The number of halogens is 1. The van der Waals surface area contributed by atoms with Crippen LogP contribution in [0.2, 0.25) is 25.7 Å². The molecule has 0 aliphatic heterocycles. The van der Waals surface area contributed by atoms with E-state index in [1.165, 1.54) is 6.07 Å². The number of benzene rings is 1. The van der Waals surface area contributed by atoms with Gasteiger partial charge in [0.05, 0.1) is 16.0 Å². The van der Waals surface area contributed by atoms with Crippen LogP contribution in [0.4, 0.5) is 5.69 Å². The van der Waals surface area contributed by atoms with Crippen LogP contribution >= 0.6 is 15.9 Å². The number of ether oxygens (including phenoxy) is 1. The van der Waals surface area contributed by atoms with E-state index < -0.39 is 24.4 Å². The molecule has 158 valence electrons. The zero-order chi connectivity index (χ0) is 21.8. The molecule has 29 heavy (non-hydrogen) atoms. The van der Waals surface area contributed by atoms with Gasteiger partial charge in [0.25, 0.3) is 11.6 Å². The summed E-state index contributed by atoms with van der Waals surface area (Å²) in [6.07, 6.45) is 1.68. The van der Waals surface area contributed by atoms with E-state index in [9.17, 15) is 14.9 Å². The van der Waals surface area contributed by atoms with Gasteiger partial charge in [-0.05, 0) is 41.9 Å². The topological polar surface area (TPSA) is 99.3 Å². The molecule has 0 atom stereocenters. The minimum atomic E-state index is -1.20. The second-order valence-electron chi connectivity index (χ2n) is 8.56. The maximum atomic E-state index is 12.9. The van der Waals surface area contributed by atoms with Crippen LogP contribution in [0.5, 0.6) is 0 Å². The van der Waals surface area contributed by atoms with Crippen molar-refractivity contribution < 1.29 is 14.5 Å². The molecule has 8 nitrogen and oxygen atoms in total. The van der Waals surface area contributed by atoms with E-state index in [2.05, 4.69) is 45.9 Å². The molecular weight excluding hydrogens is 456 g/mol. The lowest BCUT2D eigenvalue weighted by atomic mass is 9.92. The first-order valence-electron chi connectivity index (χ1n) is 9.27. The molecule has 0 aliphatic rings. The third-order valence-corrected chi connectivity index (χ3v) is 6.46. The highest BCUT2D eigenvalue weighted by Crippen LogP contribution is 2.29. The summed E-state index contributed by atoms with van der Waals surface area (Å²) in [6, 6.07) is 7.39. The largest absolute Gasteiger partial charge is 0.361 e. The monoisotopic (exact) mass is 482 g/mol. The number of nitro benzene ring substituents is 1. The van der Waals surface area contributed by atoms with Crippen LogP contribution in [-0.4, -0.2) is 35.1 Å². The molecule has 1 amide bonds. The van der Waals surface area contributed by atoms with Crippen molar-refractivity contribution in [2.75, 3.05) is 6.61 Å². The van der Waals surface area contributed by atoms with E-state index in [-0.39, 0.29) is 18.2 Å². The Labute approximate surface area is 180 Å². The number of nitro groups is 1. The van der Waals surface area contributed by atoms with Crippen LogP contribution in [0.25, 0.3) is 0 Å². The van der Waals surface area contributed by atoms with Crippen LogP contribution in [0.15, 0.2) is 35.1 Å². The number of hydrogen-bond donors (Lipinski definition) is 1. The van der Waals surface area contributed by atoms with Crippen molar-refractivity contribution in [3.63, 3.8) is 0 Å². The smallest absolute Gasteiger partial charge is 0.288 e. The zero-order valence-electron chi connectivity index (χ0n) is 17.4. The Morgan fingerprint density at radius 1 is 1.34 bits per heavy atom. The van der Waals surface area contributed by atoms with Gasteiger partial charge in [0, 0.05) is 26.9 Å². The van der Waals surface area contributed by atoms with Gasteiger partial charge >= 0.3 is 0 Å². The first-order valence-corrected chi connectivity index (χ1v) is 13.8. The number of para-hydroxylation sites is 1. The lowest BCUT2D eigenvalue weighted by molar-refractivity contribution is -0.386. The van der Waals surface area contributed by atoms with Gasteiger partial charge in [0.2, 0.25) is 5.82 Å². The van der Waals surface area contributed by atoms with E-state index in [4.69, 9.17) is 4.74 Å². The Morgan fingerprint density at radius 3 is 2.62 bits per heavy atom. The molecule has 1 aromatic carbocycles. The predicted molar refractivity (Wildman–Crippen MR) is 118 cm³/mol. The second-order valence-corrected chi connectivity index (χ2v) is 15.0. The first-order chi connectivity index (χ1) is 13.4. The Balaban J connectivity index is 2.16. The van der Waals surface area contributed by atoms with Crippen molar-refractivity contribution in [2.24, 2.45) is 0 Å². The Hall–Kier alpha value is -2.04. The van der Waals surface area contributed by atoms with Gasteiger partial charge < -0.3 is 14.6 Å². The van der Waals surface area contributed by atoms with E-state index in [1.54, 1.807) is 42.8 Å². The lowest BCUT2D eigenvalue weighted by Crippen LogP contribution is -2.42. The lowest BCUT2D eigenvalue weighted by Gasteiger charge is -2.26. The van der Waals surface area contributed by atoms with Gasteiger partial charge in [-0.2, -0.15) is 0 Å². The molecule has 0 saturated carbocycles. The molecular formula is C19H27BrN4O4Si. The summed E-state index contributed by atoms with van der Waals surface area (Å²) in [5, 5.41) is 14.2. The molecule has 0 unspecified atom stereocenters. The third kappa shape index (κ3) is 6.48. The average molecular weight is 483 g/mol. The van der Waals surface area contributed by atoms with E-state index in [0.29, 0.717) is 16.8 Å². The summed E-state index contributed by atoms with van der Waals surface area (Å²) in [6.45, 7) is 11.1. The van der Waals surface area contributed by atoms with Crippen LogP contribution < -0.4 is 5.32 Å². The maximum absolute atomic E-state index is 12.9. The highest BCUT2D eigenvalue weighted by atomic mass is 79.9. The van der Waals surface area contributed by atoms with Crippen LogP contribution in [-0.2, 0) is 17.0 Å². The summed E-state index contributed by atoms with van der Waals surface area (Å²) in [4.78, 5) is 28.0. The van der Waals surface area contributed by atoms with Crippen LogP contribution in [0, 0.1) is 10.1 Å². The molecule has 2 aromatic rings. The number of carbonyl (C=O) groups is 1. The van der Waals surface area contributed by atoms with Gasteiger partial charge in [-0.1, -0.05) is 31.8 Å². The third-order valence-electron chi connectivity index (χ3n) is 4.38. The Kier molecular flexibility index (Phi) is 7.36. The SMILES string of the molecule is CC(C)(NC(=O)c1nc(Br)cn1COCC[Si](C)(C)C)c1ccccc1[N+](=O)[O-]. The molecule has 2 rings (SSSR count). The number of amides is 1. The molecule has 10 heteroatoms. The van der Waals surface area contributed by atoms with Gasteiger partial charge in [-0.25, -0.2) is 4.98 Å². The molecule has 0 spiro atoms. The van der Waals surface area contributed by atoms with E-state index in [1.807, 2.05) is 0 Å². The number of aromatic nitrogens is 2. The number of imidazole rings is 1. The standard InChI is InChI=1S/C19H27BrN4O4Si/c1-19(2,14-8-6-7-9-15(14)24(26)27)22-18(25)17-21-16(20)12-23(17)13-28-10-11-29(3,4)5/h6-9,12H,10-11,13H2,1-5H3,(H,22,25). The number of rotatable bonds is 9.